The number of hydrogen-bond donors (Lipinski definition) is 1. The summed E-state index contributed by atoms with van der Waals surface area (Å²) in [4.78, 5) is 12.3. The Balaban J connectivity index is 1.58. The van der Waals surface area contributed by atoms with Crippen LogP contribution in [0, 0.1) is 35.0 Å². The van der Waals surface area contributed by atoms with E-state index in [-0.39, 0.29) is 17.1 Å². The molecule has 0 amide bonds. The van der Waals surface area contributed by atoms with Crippen LogP contribution in [0.3, 0.4) is 0 Å². The molecular formula is C19H29FO2. The van der Waals surface area contributed by atoms with Crippen LogP contribution >= 0.6 is 0 Å². The van der Waals surface area contributed by atoms with Gasteiger partial charge in [0.25, 0.3) is 0 Å². The molecule has 4 saturated carbocycles. The van der Waals surface area contributed by atoms with E-state index in [9.17, 15) is 14.3 Å². The molecule has 4 aliphatic rings. The molecule has 0 unspecified atom stereocenters. The van der Waals surface area contributed by atoms with Crippen molar-refractivity contribution in [1.82, 2.24) is 0 Å². The van der Waals surface area contributed by atoms with Crippen molar-refractivity contribution in [1.29, 1.82) is 0 Å². The van der Waals surface area contributed by atoms with Crippen LogP contribution in [0.25, 0.3) is 0 Å². The largest absolute Gasteiger partial charge is 0.390 e. The van der Waals surface area contributed by atoms with E-state index in [0.29, 0.717) is 30.1 Å². The molecule has 124 valence electrons. The first kappa shape index (κ1) is 15.1. The number of Topliss-reactive ketones (excluding diaryl/α,β-unsaturated/α-hetero) is 1. The highest BCUT2D eigenvalue weighted by atomic mass is 19.1. The van der Waals surface area contributed by atoms with Crippen LogP contribution in [0.1, 0.15) is 65.2 Å². The minimum absolute atomic E-state index is 0.107. The van der Waals surface area contributed by atoms with Crippen molar-refractivity contribution < 1.29 is 14.3 Å². The van der Waals surface area contributed by atoms with E-state index in [2.05, 4.69) is 0 Å². The van der Waals surface area contributed by atoms with Gasteiger partial charge in [-0.05, 0) is 87.9 Å². The second-order valence-corrected chi connectivity index (χ2v) is 9.20. The van der Waals surface area contributed by atoms with Crippen LogP contribution in [0.4, 0.5) is 4.39 Å². The van der Waals surface area contributed by atoms with E-state index in [4.69, 9.17) is 0 Å². The van der Waals surface area contributed by atoms with Gasteiger partial charge in [0.15, 0.2) is 12.0 Å². The first-order valence-corrected chi connectivity index (χ1v) is 9.23. The number of halogens is 1. The van der Waals surface area contributed by atoms with E-state index in [0.717, 1.165) is 38.5 Å². The van der Waals surface area contributed by atoms with Crippen LogP contribution < -0.4 is 0 Å². The summed E-state index contributed by atoms with van der Waals surface area (Å²) in [5.41, 5.74) is -0.863. The molecule has 0 aromatic carbocycles. The number of alkyl halides is 1. The zero-order valence-electron chi connectivity index (χ0n) is 13.9. The standard InChI is InChI=1S/C19H29FO2/c1-18(22)7-5-12-11(10-18)3-4-14-13(12)6-8-19(2)15(14)9-16(20)17(19)21/h11-16,22H,3-10H2,1-2H3/t11-,12+,13-,14-,15+,16-,18-,19+/m1/s1. The molecule has 8 atom stereocenters. The van der Waals surface area contributed by atoms with Crippen LogP contribution in [-0.2, 0) is 4.79 Å². The van der Waals surface area contributed by atoms with Crippen molar-refractivity contribution in [2.24, 2.45) is 35.0 Å². The van der Waals surface area contributed by atoms with Gasteiger partial charge in [0.2, 0.25) is 0 Å². The number of carbonyl (C=O) groups is 1. The first-order valence-electron chi connectivity index (χ1n) is 9.23. The Morgan fingerprint density at radius 2 is 1.77 bits per heavy atom. The summed E-state index contributed by atoms with van der Waals surface area (Å²) >= 11 is 0. The lowest BCUT2D eigenvalue weighted by Gasteiger charge is -2.55. The van der Waals surface area contributed by atoms with E-state index >= 15 is 0 Å². The molecule has 0 aromatic rings. The lowest BCUT2D eigenvalue weighted by Crippen LogP contribution is -2.50. The van der Waals surface area contributed by atoms with Gasteiger partial charge >= 0.3 is 0 Å². The number of fused-ring (bicyclic) bond motifs is 5. The molecular weight excluding hydrogens is 279 g/mol. The molecule has 0 aliphatic heterocycles. The molecule has 4 aliphatic carbocycles. The van der Waals surface area contributed by atoms with Gasteiger partial charge < -0.3 is 5.11 Å². The summed E-state index contributed by atoms with van der Waals surface area (Å²) in [6.45, 7) is 4.02. The summed E-state index contributed by atoms with van der Waals surface area (Å²) in [6.07, 6.45) is 6.52. The maximum absolute atomic E-state index is 14.1. The van der Waals surface area contributed by atoms with Crippen molar-refractivity contribution >= 4 is 5.78 Å². The first-order chi connectivity index (χ1) is 10.3. The molecule has 22 heavy (non-hydrogen) atoms. The van der Waals surface area contributed by atoms with Crippen molar-refractivity contribution in [3.05, 3.63) is 0 Å². The maximum atomic E-state index is 14.1. The third-order valence-electron chi connectivity index (χ3n) is 7.93. The van der Waals surface area contributed by atoms with Gasteiger partial charge in [0.05, 0.1) is 5.60 Å². The fourth-order valence-corrected chi connectivity index (χ4v) is 6.83. The van der Waals surface area contributed by atoms with Crippen molar-refractivity contribution in [2.75, 3.05) is 0 Å². The lowest BCUT2D eigenvalue weighted by atomic mass is 9.50. The van der Waals surface area contributed by atoms with E-state index in [1.54, 1.807) is 0 Å². The van der Waals surface area contributed by atoms with Gasteiger partial charge in [-0.2, -0.15) is 0 Å². The minimum atomic E-state index is -1.21. The zero-order chi connectivity index (χ0) is 15.7. The Labute approximate surface area is 132 Å². The van der Waals surface area contributed by atoms with Gasteiger partial charge in [-0.15, -0.1) is 0 Å². The molecule has 2 nitrogen and oxygen atoms in total. The highest BCUT2D eigenvalue weighted by Crippen LogP contribution is 2.62. The molecule has 3 heteroatoms. The normalized spacial score (nSPS) is 57.9. The summed E-state index contributed by atoms with van der Waals surface area (Å²) in [6, 6.07) is 0. The second kappa shape index (κ2) is 4.78. The topological polar surface area (TPSA) is 37.3 Å². The van der Waals surface area contributed by atoms with E-state index in [1.807, 2.05) is 13.8 Å². The number of hydrogen-bond acceptors (Lipinski definition) is 2. The Kier molecular flexibility index (Phi) is 3.28. The quantitative estimate of drug-likeness (QED) is 0.737. The molecule has 1 N–H and O–H groups in total. The number of carbonyl (C=O) groups excluding carboxylic acids is 1. The highest BCUT2D eigenvalue weighted by molar-refractivity contribution is 5.91. The van der Waals surface area contributed by atoms with E-state index in [1.165, 1.54) is 6.42 Å². The van der Waals surface area contributed by atoms with Gasteiger partial charge in [0, 0.05) is 5.41 Å². The van der Waals surface area contributed by atoms with Gasteiger partial charge in [0.1, 0.15) is 0 Å². The third-order valence-corrected chi connectivity index (χ3v) is 7.93. The fraction of sp³-hybridized carbons (Fsp3) is 0.947. The summed E-state index contributed by atoms with van der Waals surface area (Å²) < 4.78 is 14.1. The maximum Gasteiger partial charge on any atom is 0.173 e. The number of rotatable bonds is 0. The summed E-state index contributed by atoms with van der Waals surface area (Å²) in [7, 11) is 0. The smallest absolute Gasteiger partial charge is 0.173 e. The van der Waals surface area contributed by atoms with Gasteiger partial charge in [-0.1, -0.05) is 6.92 Å². The van der Waals surface area contributed by atoms with Crippen LogP contribution in [0.2, 0.25) is 0 Å². The van der Waals surface area contributed by atoms with E-state index < -0.39 is 11.8 Å². The fourth-order valence-electron chi connectivity index (χ4n) is 6.83. The van der Waals surface area contributed by atoms with Crippen molar-refractivity contribution in [3.63, 3.8) is 0 Å². The summed E-state index contributed by atoms with van der Waals surface area (Å²) in [5, 5.41) is 10.4. The average molecular weight is 308 g/mol. The van der Waals surface area contributed by atoms with Crippen LogP contribution in [-0.4, -0.2) is 22.7 Å². The van der Waals surface area contributed by atoms with Crippen LogP contribution in [0.5, 0.6) is 0 Å². The van der Waals surface area contributed by atoms with Gasteiger partial charge in [-0.25, -0.2) is 4.39 Å². The summed E-state index contributed by atoms with van der Waals surface area (Å²) in [5.74, 6) is 2.74. The molecule has 0 spiro atoms. The zero-order valence-corrected chi connectivity index (χ0v) is 13.9. The molecule has 4 fully saturated rings. The molecule has 0 aromatic heterocycles. The predicted molar refractivity (Wildman–Crippen MR) is 83.0 cm³/mol. The average Bonchev–Trinajstić information content (AvgIpc) is 2.69. The second-order valence-electron chi connectivity index (χ2n) is 9.20. The molecule has 0 saturated heterocycles. The van der Waals surface area contributed by atoms with Crippen molar-refractivity contribution in [2.45, 2.75) is 77.0 Å². The molecule has 0 radical (unpaired) electrons. The Bertz CT molecular complexity index is 488. The SMILES string of the molecule is C[C@@]1(O)CC[C@H]2[C@H](CC[C@@H]3[C@@H]2CC[C@]2(C)C(=O)[C@H](F)C[C@@H]32)C1. The molecule has 0 heterocycles. The number of aliphatic hydroxyl groups is 1. The van der Waals surface area contributed by atoms with Crippen LogP contribution in [0.15, 0.2) is 0 Å². The minimum Gasteiger partial charge on any atom is -0.390 e. The van der Waals surface area contributed by atoms with Crippen molar-refractivity contribution in [3.8, 4) is 0 Å². The monoisotopic (exact) mass is 308 g/mol. The Hall–Kier alpha value is -0.440. The molecule has 0 bridgehead atoms. The third kappa shape index (κ3) is 2.03. The lowest BCUT2D eigenvalue weighted by molar-refractivity contribution is -0.137. The molecule has 4 rings (SSSR count). The number of ketones is 1. The Morgan fingerprint density at radius 1 is 1.05 bits per heavy atom. The Morgan fingerprint density at radius 3 is 2.55 bits per heavy atom. The van der Waals surface area contributed by atoms with Gasteiger partial charge in [-0.3, -0.25) is 4.79 Å². The predicted octanol–water partition coefficient (Wildman–Crippen LogP) is 3.91. The highest BCUT2D eigenvalue weighted by Gasteiger charge is 2.60.